The van der Waals surface area contributed by atoms with Crippen LogP contribution in [0.4, 0.5) is 4.39 Å². The van der Waals surface area contributed by atoms with E-state index in [4.69, 9.17) is 5.73 Å². The summed E-state index contributed by atoms with van der Waals surface area (Å²) in [6.07, 6.45) is 1.10. The maximum absolute atomic E-state index is 14.0. The third-order valence-electron chi connectivity index (χ3n) is 3.99. The third-order valence-corrected chi connectivity index (χ3v) is 3.99. The van der Waals surface area contributed by atoms with Crippen molar-refractivity contribution in [3.05, 3.63) is 35.6 Å². The van der Waals surface area contributed by atoms with E-state index < -0.39 is 0 Å². The molecule has 19 heavy (non-hydrogen) atoms. The van der Waals surface area contributed by atoms with Crippen LogP contribution < -0.4 is 5.73 Å². The maximum Gasteiger partial charge on any atom is 0.128 e. The summed E-state index contributed by atoms with van der Waals surface area (Å²) in [5, 5.41) is 0. The lowest BCUT2D eigenvalue weighted by Crippen LogP contribution is -2.43. The Hall–Kier alpha value is -0.970. The minimum absolute atomic E-state index is 0.0253. The van der Waals surface area contributed by atoms with Crippen LogP contribution >= 0.6 is 0 Å². The van der Waals surface area contributed by atoms with E-state index in [0.717, 1.165) is 31.6 Å². The standard InChI is InChI=1S/C15H24FN3/c1-12-11-18(2)8-5-9-19(12)15(10-17)13-6-3-4-7-14(13)16/h3-4,6-7,12,15H,5,8-11,17H2,1-2H3. The lowest BCUT2D eigenvalue weighted by molar-refractivity contribution is 0.143. The van der Waals surface area contributed by atoms with Gasteiger partial charge in [0.15, 0.2) is 0 Å². The first-order chi connectivity index (χ1) is 9.13. The highest BCUT2D eigenvalue weighted by Crippen LogP contribution is 2.26. The topological polar surface area (TPSA) is 32.5 Å². The predicted octanol–water partition coefficient (Wildman–Crippen LogP) is 1.85. The lowest BCUT2D eigenvalue weighted by Gasteiger charge is -2.35. The number of rotatable bonds is 3. The molecule has 1 fully saturated rings. The van der Waals surface area contributed by atoms with E-state index in [0.29, 0.717) is 12.6 Å². The third kappa shape index (κ3) is 3.32. The van der Waals surface area contributed by atoms with E-state index in [1.807, 2.05) is 12.1 Å². The first kappa shape index (κ1) is 14.4. The molecule has 0 saturated carbocycles. The molecule has 0 aliphatic carbocycles. The largest absolute Gasteiger partial charge is 0.329 e. The van der Waals surface area contributed by atoms with E-state index in [1.165, 1.54) is 6.07 Å². The van der Waals surface area contributed by atoms with Crippen LogP contribution in [0.2, 0.25) is 0 Å². The quantitative estimate of drug-likeness (QED) is 0.905. The van der Waals surface area contributed by atoms with Crippen molar-refractivity contribution in [2.45, 2.75) is 25.4 Å². The van der Waals surface area contributed by atoms with Crippen LogP contribution in [0.5, 0.6) is 0 Å². The number of likely N-dealkylation sites (N-methyl/N-ethyl adjacent to an activating group) is 1. The Morgan fingerprint density at radius 3 is 2.79 bits per heavy atom. The normalized spacial score (nSPS) is 24.1. The Labute approximate surface area is 115 Å². The summed E-state index contributed by atoms with van der Waals surface area (Å²) in [5.41, 5.74) is 6.65. The van der Waals surface area contributed by atoms with Crippen LogP contribution in [-0.2, 0) is 0 Å². The van der Waals surface area contributed by atoms with Crippen molar-refractivity contribution < 1.29 is 4.39 Å². The number of hydrogen-bond donors (Lipinski definition) is 1. The van der Waals surface area contributed by atoms with Crippen molar-refractivity contribution in [2.24, 2.45) is 5.73 Å². The number of halogens is 1. The van der Waals surface area contributed by atoms with E-state index >= 15 is 0 Å². The molecule has 0 aromatic heterocycles. The maximum atomic E-state index is 14.0. The van der Waals surface area contributed by atoms with Gasteiger partial charge >= 0.3 is 0 Å². The highest BCUT2D eigenvalue weighted by atomic mass is 19.1. The Morgan fingerprint density at radius 2 is 2.11 bits per heavy atom. The summed E-state index contributed by atoms with van der Waals surface area (Å²) in [5.74, 6) is -0.150. The fraction of sp³-hybridized carbons (Fsp3) is 0.600. The Bertz CT molecular complexity index is 410. The number of nitrogens with two attached hydrogens (primary N) is 1. The molecule has 3 nitrogen and oxygen atoms in total. The lowest BCUT2D eigenvalue weighted by atomic mass is 10.0. The minimum atomic E-state index is -0.150. The molecule has 1 saturated heterocycles. The summed E-state index contributed by atoms with van der Waals surface area (Å²) < 4.78 is 14.0. The molecular formula is C15H24FN3. The summed E-state index contributed by atoms with van der Waals surface area (Å²) in [6, 6.07) is 7.35. The van der Waals surface area contributed by atoms with Crippen LogP contribution in [0.15, 0.2) is 24.3 Å². The summed E-state index contributed by atoms with van der Waals surface area (Å²) >= 11 is 0. The van der Waals surface area contributed by atoms with Crippen LogP contribution in [0.3, 0.4) is 0 Å². The fourth-order valence-electron chi connectivity index (χ4n) is 3.04. The van der Waals surface area contributed by atoms with Gasteiger partial charge in [0.25, 0.3) is 0 Å². The highest BCUT2D eigenvalue weighted by Gasteiger charge is 2.28. The second-order valence-electron chi connectivity index (χ2n) is 5.48. The molecule has 0 spiro atoms. The number of nitrogens with zero attached hydrogens (tertiary/aromatic N) is 2. The van der Waals surface area contributed by atoms with Crippen LogP contribution in [0, 0.1) is 5.82 Å². The molecule has 0 radical (unpaired) electrons. The molecule has 1 aromatic carbocycles. The van der Waals surface area contributed by atoms with Gasteiger partial charge in [-0.15, -0.1) is 0 Å². The minimum Gasteiger partial charge on any atom is -0.329 e. The first-order valence-electron chi connectivity index (χ1n) is 7.02. The van der Waals surface area contributed by atoms with Gasteiger partial charge in [0, 0.05) is 31.2 Å². The molecule has 1 heterocycles. The number of hydrogen-bond acceptors (Lipinski definition) is 3. The SMILES string of the molecule is CC1CN(C)CCCN1C(CN)c1ccccc1F. The summed E-state index contributed by atoms with van der Waals surface area (Å²) in [4.78, 5) is 4.68. The molecule has 2 rings (SSSR count). The smallest absolute Gasteiger partial charge is 0.128 e. The zero-order valence-corrected chi connectivity index (χ0v) is 11.8. The molecule has 106 valence electrons. The average Bonchev–Trinajstić information content (AvgIpc) is 2.54. The zero-order chi connectivity index (χ0) is 13.8. The highest BCUT2D eigenvalue weighted by molar-refractivity contribution is 5.22. The van der Waals surface area contributed by atoms with Gasteiger partial charge in [-0.25, -0.2) is 4.39 Å². The van der Waals surface area contributed by atoms with Gasteiger partial charge < -0.3 is 10.6 Å². The molecule has 1 aromatic rings. The Kier molecular flexibility index (Phi) is 4.91. The van der Waals surface area contributed by atoms with Gasteiger partial charge in [-0.1, -0.05) is 18.2 Å². The van der Waals surface area contributed by atoms with Crippen LogP contribution in [-0.4, -0.2) is 49.1 Å². The second-order valence-corrected chi connectivity index (χ2v) is 5.48. The first-order valence-corrected chi connectivity index (χ1v) is 7.02. The molecule has 4 heteroatoms. The monoisotopic (exact) mass is 265 g/mol. The Balaban J connectivity index is 2.23. The molecule has 0 bridgehead atoms. The van der Waals surface area contributed by atoms with Gasteiger partial charge in [-0.05, 0) is 33.0 Å². The molecule has 2 N–H and O–H groups in total. The van der Waals surface area contributed by atoms with Crippen molar-refractivity contribution in [3.63, 3.8) is 0 Å². The van der Waals surface area contributed by atoms with Gasteiger partial charge in [-0.3, -0.25) is 4.90 Å². The Morgan fingerprint density at radius 1 is 1.37 bits per heavy atom. The van der Waals surface area contributed by atoms with Gasteiger partial charge in [-0.2, -0.15) is 0 Å². The predicted molar refractivity (Wildman–Crippen MR) is 76.5 cm³/mol. The summed E-state index contributed by atoms with van der Waals surface area (Å²) in [7, 11) is 2.14. The summed E-state index contributed by atoms with van der Waals surface area (Å²) in [6.45, 7) is 5.72. The molecule has 1 aliphatic rings. The molecule has 1 aliphatic heterocycles. The van der Waals surface area contributed by atoms with Crippen LogP contribution in [0.1, 0.15) is 24.9 Å². The zero-order valence-electron chi connectivity index (χ0n) is 11.8. The second kappa shape index (κ2) is 6.46. The van der Waals surface area contributed by atoms with Gasteiger partial charge in [0.1, 0.15) is 5.82 Å². The van der Waals surface area contributed by atoms with Gasteiger partial charge in [0.2, 0.25) is 0 Å². The molecule has 2 unspecified atom stereocenters. The van der Waals surface area contributed by atoms with Crippen molar-refractivity contribution in [3.8, 4) is 0 Å². The van der Waals surface area contributed by atoms with Crippen LogP contribution in [0.25, 0.3) is 0 Å². The van der Waals surface area contributed by atoms with E-state index in [2.05, 4.69) is 23.8 Å². The van der Waals surface area contributed by atoms with Crippen molar-refractivity contribution in [1.29, 1.82) is 0 Å². The van der Waals surface area contributed by atoms with Crippen molar-refractivity contribution >= 4 is 0 Å². The number of benzene rings is 1. The van der Waals surface area contributed by atoms with Gasteiger partial charge in [0.05, 0.1) is 6.04 Å². The van der Waals surface area contributed by atoms with E-state index in [9.17, 15) is 4.39 Å². The average molecular weight is 265 g/mol. The van der Waals surface area contributed by atoms with Crippen molar-refractivity contribution in [1.82, 2.24) is 9.80 Å². The fourth-order valence-corrected chi connectivity index (χ4v) is 3.04. The van der Waals surface area contributed by atoms with Crippen molar-refractivity contribution in [2.75, 3.05) is 33.2 Å². The molecule has 2 atom stereocenters. The molecule has 0 amide bonds. The van der Waals surface area contributed by atoms with E-state index in [-0.39, 0.29) is 11.9 Å². The van der Waals surface area contributed by atoms with E-state index in [1.54, 1.807) is 6.07 Å². The molecular weight excluding hydrogens is 241 g/mol.